The zero-order valence-corrected chi connectivity index (χ0v) is 7.57. The highest BCUT2D eigenvalue weighted by molar-refractivity contribution is 5.67. The molecule has 0 saturated carbocycles. The molecule has 13 heavy (non-hydrogen) atoms. The van der Waals surface area contributed by atoms with E-state index in [0.717, 1.165) is 25.9 Å². The van der Waals surface area contributed by atoms with E-state index in [1.165, 1.54) is 0 Å². The molecule has 0 bridgehead atoms. The Hall–Kier alpha value is -1.08. The van der Waals surface area contributed by atoms with Gasteiger partial charge in [0.2, 0.25) is 0 Å². The lowest BCUT2D eigenvalue weighted by molar-refractivity contribution is -0.138. The monoisotopic (exact) mass is 182 g/mol. The summed E-state index contributed by atoms with van der Waals surface area (Å²) in [7, 11) is 0. The zero-order chi connectivity index (χ0) is 9.68. The molecule has 0 amide bonds. The van der Waals surface area contributed by atoms with Gasteiger partial charge in [-0.3, -0.25) is 9.69 Å². The minimum absolute atomic E-state index is 0.0787. The quantitative estimate of drug-likeness (QED) is 0.699. The molecule has 1 saturated heterocycles. The molecule has 1 aliphatic heterocycles. The second-order valence-electron chi connectivity index (χ2n) is 3.36. The number of carboxylic acids is 1. The van der Waals surface area contributed by atoms with Crippen LogP contribution in [-0.4, -0.2) is 35.1 Å². The van der Waals surface area contributed by atoms with Crippen molar-refractivity contribution in [2.75, 3.05) is 13.1 Å². The van der Waals surface area contributed by atoms with Crippen LogP contribution < -0.4 is 0 Å². The van der Waals surface area contributed by atoms with E-state index in [2.05, 4.69) is 4.90 Å². The van der Waals surface area contributed by atoms with Gasteiger partial charge in [0.1, 0.15) is 0 Å². The van der Waals surface area contributed by atoms with Crippen LogP contribution in [0.4, 0.5) is 0 Å². The third-order valence-electron chi connectivity index (χ3n) is 2.39. The zero-order valence-electron chi connectivity index (χ0n) is 7.57. The fourth-order valence-corrected chi connectivity index (χ4v) is 1.74. The average Bonchev–Trinajstić information content (AvgIpc) is 2.54. The van der Waals surface area contributed by atoms with Gasteiger partial charge in [0.15, 0.2) is 0 Å². The first-order chi connectivity index (χ1) is 6.24. The molecule has 0 radical (unpaired) electrons. The van der Waals surface area contributed by atoms with Crippen LogP contribution in [0.1, 0.15) is 25.7 Å². The van der Waals surface area contributed by atoms with Gasteiger partial charge in [0.25, 0.3) is 0 Å². The standard InChI is InChI=1S/C9H14N2O2/c10-4-3-8(7-9(12)13)11-5-1-2-6-11/h8H,1-3,5-7H2,(H,12,13). The molecule has 0 aliphatic carbocycles. The van der Waals surface area contributed by atoms with Crippen molar-refractivity contribution in [2.24, 2.45) is 0 Å². The second kappa shape index (κ2) is 4.83. The fourth-order valence-electron chi connectivity index (χ4n) is 1.74. The van der Waals surface area contributed by atoms with Crippen molar-refractivity contribution in [3.63, 3.8) is 0 Å². The van der Waals surface area contributed by atoms with Crippen molar-refractivity contribution < 1.29 is 9.90 Å². The summed E-state index contributed by atoms with van der Waals surface area (Å²) in [6.45, 7) is 1.89. The summed E-state index contributed by atoms with van der Waals surface area (Å²) in [5, 5.41) is 17.2. The van der Waals surface area contributed by atoms with E-state index in [9.17, 15) is 4.79 Å². The molecule has 72 valence electrons. The molecule has 1 unspecified atom stereocenters. The van der Waals surface area contributed by atoms with Crippen LogP contribution in [0.25, 0.3) is 0 Å². The topological polar surface area (TPSA) is 64.3 Å². The largest absolute Gasteiger partial charge is 0.481 e. The van der Waals surface area contributed by atoms with Crippen LogP contribution in [0.2, 0.25) is 0 Å². The predicted molar refractivity (Wildman–Crippen MR) is 47.1 cm³/mol. The maximum absolute atomic E-state index is 10.5. The molecule has 1 rings (SSSR count). The Morgan fingerprint density at radius 1 is 1.54 bits per heavy atom. The van der Waals surface area contributed by atoms with Crippen molar-refractivity contribution in [2.45, 2.75) is 31.7 Å². The van der Waals surface area contributed by atoms with E-state index < -0.39 is 5.97 Å². The number of hydrogen-bond acceptors (Lipinski definition) is 3. The number of nitriles is 1. The summed E-state index contributed by atoms with van der Waals surface area (Å²) >= 11 is 0. The van der Waals surface area contributed by atoms with Crippen LogP contribution in [0.3, 0.4) is 0 Å². The van der Waals surface area contributed by atoms with Crippen LogP contribution >= 0.6 is 0 Å². The highest BCUT2D eigenvalue weighted by atomic mass is 16.4. The Labute approximate surface area is 77.8 Å². The maximum Gasteiger partial charge on any atom is 0.304 e. The summed E-state index contributed by atoms with van der Waals surface area (Å²) in [6.07, 6.45) is 2.67. The summed E-state index contributed by atoms with van der Waals surface area (Å²) < 4.78 is 0. The van der Waals surface area contributed by atoms with E-state index in [-0.39, 0.29) is 12.5 Å². The lowest BCUT2D eigenvalue weighted by atomic mass is 10.1. The molecule has 1 heterocycles. The summed E-state index contributed by atoms with van der Waals surface area (Å²) in [5.41, 5.74) is 0. The van der Waals surface area contributed by atoms with E-state index in [4.69, 9.17) is 10.4 Å². The van der Waals surface area contributed by atoms with Crippen molar-refractivity contribution in [1.29, 1.82) is 5.26 Å². The maximum atomic E-state index is 10.5. The second-order valence-corrected chi connectivity index (χ2v) is 3.36. The van der Waals surface area contributed by atoms with E-state index in [1.54, 1.807) is 0 Å². The minimum Gasteiger partial charge on any atom is -0.481 e. The first kappa shape index (κ1) is 10.0. The smallest absolute Gasteiger partial charge is 0.304 e. The van der Waals surface area contributed by atoms with E-state index in [1.807, 2.05) is 6.07 Å². The van der Waals surface area contributed by atoms with Gasteiger partial charge in [-0.25, -0.2) is 0 Å². The molecule has 4 nitrogen and oxygen atoms in total. The van der Waals surface area contributed by atoms with Crippen LogP contribution in [0, 0.1) is 11.3 Å². The number of carbonyl (C=O) groups is 1. The van der Waals surface area contributed by atoms with Gasteiger partial charge < -0.3 is 5.11 Å². The molecule has 1 atom stereocenters. The van der Waals surface area contributed by atoms with Crippen LogP contribution in [0.15, 0.2) is 0 Å². The predicted octanol–water partition coefficient (Wildman–Crippen LogP) is 0.839. The van der Waals surface area contributed by atoms with Crippen molar-refractivity contribution >= 4 is 5.97 Å². The fraction of sp³-hybridized carbons (Fsp3) is 0.778. The van der Waals surface area contributed by atoms with Gasteiger partial charge >= 0.3 is 5.97 Å². The normalized spacial score (nSPS) is 19.6. The first-order valence-corrected chi connectivity index (χ1v) is 4.57. The first-order valence-electron chi connectivity index (χ1n) is 4.57. The summed E-state index contributed by atoms with van der Waals surface area (Å²) in [5.74, 6) is -0.813. The molecular weight excluding hydrogens is 168 g/mol. The van der Waals surface area contributed by atoms with E-state index >= 15 is 0 Å². The van der Waals surface area contributed by atoms with Gasteiger partial charge in [-0.2, -0.15) is 5.26 Å². The molecule has 4 heteroatoms. The van der Waals surface area contributed by atoms with Gasteiger partial charge in [-0.1, -0.05) is 0 Å². The Balaban J connectivity index is 2.45. The highest BCUT2D eigenvalue weighted by Gasteiger charge is 2.23. The average molecular weight is 182 g/mol. The minimum atomic E-state index is -0.813. The van der Waals surface area contributed by atoms with Crippen molar-refractivity contribution in [3.8, 4) is 6.07 Å². The van der Waals surface area contributed by atoms with Gasteiger partial charge in [-0.15, -0.1) is 0 Å². The number of rotatable bonds is 4. The Morgan fingerprint density at radius 3 is 2.62 bits per heavy atom. The van der Waals surface area contributed by atoms with Crippen molar-refractivity contribution in [3.05, 3.63) is 0 Å². The molecule has 0 aromatic heterocycles. The number of carboxylic acid groups (broad SMARTS) is 1. The lowest BCUT2D eigenvalue weighted by Gasteiger charge is -2.23. The van der Waals surface area contributed by atoms with Gasteiger partial charge in [0, 0.05) is 6.04 Å². The molecule has 1 aliphatic rings. The van der Waals surface area contributed by atoms with Crippen LogP contribution in [0.5, 0.6) is 0 Å². The molecule has 1 N–H and O–H groups in total. The van der Waals surface area contributed by atoms with Crippen LogP contribution in [-0.2, 0) is 4.79 Å². The number of nitrogens with zero attached hydrogens (tertiary/aromatic N) is 2. The Bertz CT molecular complexity index is 216. The molecule has 0 aromatic carbocycles. The molecule has 0 spiro atoms. The lowest BCUT2D eigenvalue weighted by Crippen LogP contribution is -2.34. The van der Waals surface area contributed by atoms with Gasteiger partial charge in [-0.05, 0) is 25.9 Å². The number of hydrogen-bond donors (Lipinski definition) is 1. The van der Waals surface area contributed by atoms with E-state index in [0.29, 0.717) is 6.42 Å². The summed E-state index contributed by atoms with van der Waals surface area (Å²) in [6, 6.07) is 1.97. The molecule has 1 fully saturated rings. The molecular formula is C9H14N2O2. The van der Waals surface area contributed by atoms with Crippen molar-refractivity contribution in [1.82, 2.24) is 4.90 Å². The Kier molecular flexibility index (Phi) is 3.71. The summed E-state index contributed by atoms with van der Waals surface area (Å²) in [4.78, 5) is 12.6. The van der Waals surface area contributed by atoms with Gasteiger partial charge in [0.05, 0.1) is 18.9 Å². The Morgan fingerprint density at radius 2 is 2.15 bits per heavy atom. The number of likely N-dealkylation sites (tertiary alicyclic amines) is 1. The SMILES string of the molecule is N#CCC(CC(=O)O)N1CCCC1. The third-order valence-corrected chi connectivity index (χ3v) is 2.39. The molecule has 0 aromatic rings. The number of aliphatic carboxylic acids is 1. The third kappa shape index (κ3) is 3.03. The highest BCUT2D eigenvalue weighted by Crippen LogP contribution is 2.16.